The van der Waals surface area contributed by atoms with Gasteiger partial charge in [0.2, 0.25) is 0 Å². The summed E-state index contributed by atoms with van der Waals surface area (Å²) in [6.45, 7) is 4.53. The van der Waals surface area contributed by atoms with Crippen LogP contribution >= 0.6 is 0 Å². The van der Waals surface area contributed by atoms with Gasteiger partial charge in [0, 0.05) is 11.8 Å². The number of rotatable bonds is 3. The predicted molar refractivity (Wildman–Crippen MR) is 116 cm³/mol. The standard InChI is InChI=1S/C25H36O8/c1-24-9-7-13(32-23-20(29)18(27)19(28)21(33-23)22(30)31)11-12(24)3-4-14-15-5-6-17(26)25(15,2)10-8-16(14)24/h3,13-16,18-21,23,27-29H,4-11H2,1-2H3,(H,30,31)/t13-,14?,15?,16?,18+,19+,20-,21+,23-,24+,25+/m1/s1. The van der Waals surface area contributed by atoms with Gasteiger partial charge in [-0.25, -0.2) is 4.79 Å². The molecule has 3 unspecified atom stereocenters. The van der Waals surface area contributed by atoms with Crippen LogP contribution in [0.3, 0.4) is 0 Å². The second-order valence-electron chi connectivity index (χ2n) is 11.4. The Hall–Kier alpha value is -1.32. The molecule has 33 heavy (non-hydrogen) atoms. The third kappa shape index (κ3) is 3.52. The zero-order valence-electron chi connectivity index (χ0n) is 19.4. The van der Waals surface area contributed by atoms with Gasteiger partial charge >= 0.3 is 5.97 Å². The molecule has 5 rings (SSSR count). The Morgan fingerprint density at radius 3 is 2.45 bits per heavy atom. The summed E-state index contributed by atoms with van der Waals surface area (Å²) in [7, 11) is 0. The Morgan fingerprint density at radius 1 is 1.03 bits per heavy atom. The molecule has 4 aliphatic carbocycles. The summed E-state index contributed by atoms with van der Waals surface area (Å²) in [6, 6.07) is 0. The van der Waals surface area contributed by atoms with Gasteiger partial charge in [0.1, 0.15) is 24.1 Å². The molecule has 3 saturated carbocycles. The van der Waals surface area contributed by atoms with Gasteiger partial charge in [-0.2, -0.15) is 0 Å². The number of ketones is 1. The van der Waals surface area contributed by atoms with E-state index >= 15 is 0 Å². The van der Waals surface area contributed by atoms with Crippen LogP contribution in [0.15, 0.2) is 11.6 Å². The first-order chi connectivity index (χ1) is 15.6. The number of aliphatic hydroxyl groups excluding tert-OH is 3. The molecule has 184 valence electrons. The maximum absolute atomic E-state index is 12.6. The molecule has 0 spiro atoms. The Bertz CT molecular complexity index is 855. The van der Waals surface area contributed by atoms with Crippen molar-refractivity contribution in [2.24, 2.45) is 28.6 Å². The number of ether oxygens (including phenoxy) is 2. The van der Waals surface area contributed by atoms with Crippen molar-refractivity contribution in [3.8, 4) is 0 Å². The second kappa shape index (κ2) is 8.12. The van der Waals surface area contributed by atoms with Crippen LogP contribution in [0.25, 0.3) is 0 Å². The van der Waals surface area contributed by atoms with Gasteiger partial charge in [-0.1, -0.05) is 25.5 Å². The molecule has 0 amide bonds. The maximum atomic E-state index is 12.6. The number of carbonyl (C=O) groups excluding carboxylic acids is 1. The molecule has 0 aromatic rings. The van der Waals surface area contributed by atoms with E-state index in [9.17, 15) is 30.0 Å². The van der Waals surface area contributed by atoms with Crippen molar-refractivity contribution in [2.45, 2.75) is 102 Å². The minimum absolute atomic E-state index is 0.0566. The van der Waals surface area contributed by atoms with Crippen molar-refractivity contribution in [3.05, 3.63) is 11.6 Å². The molecule has 0 aromatic carbocycles. The summed E-state index contributed by atoms with van der Waals surface area (Å²) in [5.74, 6) is 0.596. The van der Waals surface area contributed by atoms with Gasteiger partial charge in [0.05, 0.1) is 6.10 Å². The zero-order chi connectivity index (χ0) is 23.7. The monoisotopic (exact) mass is 464 g/mol. The molecule has 0 bridgehead atoms. The van der Waals surface area contributed by atoms with E-state index in [0.717, 1.165) is 44.9 Å². The number of allylic oxidation sites excluding steroid dienone is 1. The van der Waals surface area contributed by atoms with Gasteiger partial charge < -0.3 is 29.9 Å². The van der Waals surface area contributed by atoms with Crippen LogP contribution in [0.1, 0.15) is 65.2 Å². The summed E-state index contributed by atoms with van der Waals surface area (Å²) >= 11 is 0. The Labute approximate surface area is 194 Å². The number of fused-ring (bicyclic) bond motifs is 5. The first-order valence-electron chi connectivity index (χ1n) is 12.4. The van der Waals surface area contributed by atoms with Gasteiger partial charge in [0.15, 0.2) is 12.4 Å². The molecule has 5 aliphatic rings. The lowest BCUT2D eigenvalue weighted by Gasteiger charge is -2.57. The van der Waals surface area contributed by atoms with Crippen LogP contribution in [0, 0.1) is 28.6 Å². The largest absolute Gasteiger partial charge is 0.479 e. The lowest BCUT2D eigenvalue weighted by atomic mass is 9.48. The Balaban J connectivity index is 1.30. The average Bonchev–Trinajstić information content (AvgIpc) is 3.08. The van der Waals surface area contributed by atoms with Gasteiger partial charge in [0.25, 0.3) is 0 Å². The van der Waals surface area contributed by atoms with Gasteiger partial charge in [-0.15, -0.1) is 0 Å². The zero-order valence-corrected chi connectivity index (χ0v) is 19.4. The smallest absolute Gasteiger partial charge is 0.335 e. The summed E-state index contributed by atoms with van der Waals surface area (Å²) in [6.07, 6.45) is 1.28. The molecule has 4 N–H and O–H groups in total. The van der Waals surface area contributed by atoms with E-state index < -0.39 is 36.7 Å². The summed E-state index contributed by atoms with van der Waals surface area (Å²) < 4.78 is 11.3. The highest BCUT2D eigenvalue weighted by atomic mass is 16.7. The molecule has 1 aliphatic heterocycles. The van der Waals surface area contributed by atoms with Crippen LogP contribution in [-0.4, -0.2) is 69.0 Å². The lowest BCUT2D eigenvalue weighted by molar-refractivity contribution is -0.306. The molecule has 0 aromatic heterocycles. The van der Waals surface area contributed by atoms with E-state index in [2.05, 4.69) is 19.9 Å². The number of aliphatic carboxylic acids is 1. The number of carboxylic acids is 1. The Kier molecular flexibility index (Phi) is 5.77. The van der Waals surface area contributed by atoms with Crippen LogP contribution < -0.4 is 0 Å². The van der Waals surface area contributed by atoms with E-state index in [4.69, 9.17) is 9.47 Å². The van der Waals surface area contributed by atoms with Crippen LogP contribution in [0.4, 0.5) is 0 Å². The van der Waals surface area contributed by atoms with Crippen molar-refractivity contribution in [1.29, 1.82) is 0 Å². The fraction of sp³-hybridized carbons (Fsp3) is 0.840. The number of hydrogen-bond donors (Lipinski definition) is 4. The highest BCUT2D eigenvalue weighted by Gasteiger charge is 2.59. The van der Waals surface area contributed by atoms with E-state index in [-0.39, 0.29) is 16.9 Å². The first kappa shape index (κ1) is 23.4. The predicted octanol–water partition coefficient (Wildman–Crippen LogP) is 1.80. The third-order valence-electron chi connectivity index (χ3n) is 9.91. The first-order valence-corrected chi connectivity index (χ1v) is 12.4. The highest BCUT2D eigenvalue weighted by Crippen LogP contribution is 2.64. The minimum atomic E-state index is -1.72. The fourth-order valence-corrected chi connectivity index (χ4v) is 7.87. The highest BCUT2D eigenvalue weighted by molar-refractivity contribution is 5.87. The van der Waals surface area contributed by atoms with E-state index in [1.54, 1.807) is 0 Å². The molecule has 4 fully saturated rings. The van der Waals surface area contributed by atoms with Gasteiger partial charge in [-0.3, -0.25) is 4.79 Å². The van der Waals surface area contributed by atoms with Crippen molar-refractivity contribution in [1.82, 2.24) is 0 Å². The number of aliphatic hydroxyl groups is 3. The lowest BCUT2D eigenvalue weighted by Crippen LogP contribution is -2.61. The molecule has 1 heterocycles. The van der Waals surface area contributed by atoms with Crippen molar-refractivity contribution >= 4 is 11.8 Å². The average molecular weight is 465 g/mol. The van der Waals surface area contributed by atoms with Gasteiger partial charge in [-0.05, 0) is 68.1 Å². The third-order valence-corrected chi connectivity index (χ3v) is 9.91. The molecule has 8 heteroatoms. The van der Waals surface area contributed by atoms with Crippen molar-refractivity contribution in [2.75, 3.05) is 0 Å². The van der Waals surface area contributed by atoms with Crippen molar-refractivity contribution < 1.29 is 39.5 Å². The van der Waals surface area contributed by atoms with Crippen LogP contribution in [0.2, 0.25) is 0 Å². The summed E-state index contributed by atoms with van der Waals surface area (Å²) in [5.41, 5.74) is 1.25. The number of carbonyl (C=O) groups is 2. The molecule has 0 radical (unpaired) electrons. The molecule has 8 nitrogen and oxygen atoms in total. The molecular weight excluding hydrogens is 428 g/mol. The molecule has 11 atom stereocenters. The normalized spacial score (nSPS) is 51.8. The minimum Gasteiger partial charge on any atom is -0.479 e. The second-order valence-corrected chi connectivity index (χ2v) is 11.4. The van der Waals surface area contributed by atoms with E-state index in [1.807, 2.05) is 0 Å². The molecular formula is C25H36O8. The topological polar surface area (TPSA) is 134 Å². The maximum Gasteiger partial charge on any atom is 0.335 e. The van der Waals surface area contributed by atoms with E-state index in [1.165, 1.54) is 5.57 Å². The van der Waals surface area contributed by atoms with Crippen LogP contribution in [-0.2, 0) is 19.1 Å². The van der Waals surface area contributed by atoms with Crippen LogP contribution in [0.5, 0.6) is 0 Å². The Morgan fingerprint density at radius 2 is 1.73 bits per heavy atom. The molecule has 1 saturated heterocycles. The number of hydrogen-bond acceptors (Lipinski definition) is 7. The quantitative estimate of drug-likeness (QED) is 0.465. The number of Topliss-reactive ketones (excluding diaryl/α,β-unsaturated/α-hetero) is 1. The van der Waals surface area contributed by atoms with E-state index in [0.29, 0.717) is 30.0 Å². The SMILES string of the molecule is C[C@]12CC[C@@H](O[C@@H]3O[C@H](C(=O)O)[C@@H](O)[C@H](O)[C@H]3O)CC1=CCC1C2CC[C@]2(C)C(=O)CCC12. The fourth-order valence-electron chi connectivity index (χ4n) is 7.87. The van der Waals surface area contributed by atoms with Crippen molar-refractivity contribution in [3.63, 3.8) is 0 Å². The number of carboxylic acid groups (broad SMARTS) is 1. The summed E-state index contributed by atoms with van der Waals surface area (Å²) in [4.78, 5) is 24.0. The summed E-state index contributed by atoms with van der Waals surface area (Å²) in [5, 5.41) is 39.6.